The van der Waals surface area contributed by atoms with E-state index >= 15 is 0 Å². The minimum absolute atomic E-state index is 0.233. The fourth-order valence-corrected chi connectivity index (χ4v) is 5.12. The molecule has 0 amide bonds. The van der Waals surface area contributed by atoms with Crippen molar-refractivity contribution < 1.29 is 8.81 Å². The maximum Gasteiger partial charge on any atom is 0.174 e. The Kier molecular flexibility index (Phi) is 6.10. The van der Waals surface area contributed by atoms with E-state index in [4.69, 9.17) is 28.2 Å². The Morgan fingerprint density at radius 3 is 2.64 bits per heavy atom. The topological polar surface area (TPSA) is 41.3 Å². The van der Waals surface area contributed by atoms with Crippen molar-refractivity contribution >= 4 is 46.4 Å². The highest BCUT2D eigenvalue weighted by molar-refractivity contribution is 7.99. The lowest BCUT2D eigenvalue weighted by molar-refractivity contribution is 0.383. The summed E-state index contributed by atoms with van der Waals surface area (Å²) in [5.74, 6) is 0.478. The predicted molar refractivity (Wildman–Crippen MR) is 133 cm³/mol. The van der Waals surface area contributed by atoms with Gasteiger partial charge in [0.15, 0.2) is 10.2 Å². The fraction of sp³-hybridized carbons (Fsp3) is 0.120. The summed E-state index contributed by atoms with van der Waals surface area (Å²) >= 11 is 13.2. The van der Waals surface area contributed by atoms with Gasteiger partial charge in [-0.25, -0.2) is 4.39 Å². The van der Waals surface area contributed by atoms with Crippen molar-refractivity contribution in [3.05, 3.63) is 107 Å². The van der Waals surface area contributed by atoms with Crippen molar-refractivity contribution in [2.75, 3.05) is 4.90 Å². The SMILES string of the molecule is Cc1cc(N2C(=S)N[C@@H](c3ccccn3)[C@H]2c2ccc(Sc3ccc(Cl)cc3)o2)ccc1F. The second-order valence-corrected chi connectivity index (χ2v) is 9.54. The molecule has 4 aromatic rings. The summed E-state index contributed by atoms with van der Waals surface area (Å²) in [5, 5.41) is 5.36. The average molecular weight is 496 g/mol. The third-order valence-electron chi connectivity index (χ3n) is 5.44. The second-order valence-electron chi connectivity index (χ2n) is 7.64. The van der Waals surface area contributed by atoms with Crippen LogP contribution in [0.25, 0.3) is 0 Å². The van der Waals surface area contributed by atoms with Gasteiger partial charge in [0.05, 0.1) is 11.7 Å². The number of furan rings is 1. The molecule has 0 bridgehead atoms. The van der Waals surface area contributed by atoms with Crippen LogP contribution < -0.4 is 10.2 Å². The number of benzene rings is 2. The van der Waals surface area contributed by atoms with Crippen molar-refractivity contribution in [2.24, 2.45) is 0 Å². The van der Waals surface area contributed by atoms with Crippen LogP contribution in [0.15, 0.2) is 93.4 Å². The van der Waals surface area contributed by atoms with Crippen LogP contribution in [-0.4, -0.2) is 10.1 Å². The van der Waals surface area contributed by atoms with Gasteiger partial charge in [-0.15, -0.1) is 0 Å². The highest BCUT2D eigenvalue weighted by Gasteiger charge is 2.42. The van der Waals surface area contributed by atoms with Gasteiger partial charge in [0, 0.05) is 21.8 Å². The number of aryl methyl sites for hydroxylation is 1. The lowest BCUT2D eigenvalue weighted by Gasteiger charge is -2.26. The van der Waals surface area contributed by atoms with Crippen LogP contribution >= 0.6 is 35.6 Å². The first-order chi connectivity index (χ1) is 16.0. The normalized spacial score (nSPS) is 17.9. The Bertz CT molecular complexity index is 1300. The quantitative estimate of drug-likeness (QED) is 0.298. The van der Waals surface area contributed by atoms with E-state index in [1.807, 2.05) is 59.5 Å². The number of nitrogens with one attached hydrogen (secondary N) is 1. The number of anilines is 1. The summed E-state index contributed by atoms with van der Waals surface area (Å²) in [7, 11) is 0. The van der Waals surface area contributed by atoms with Gasteiger partial charge in [-0.1, -0.05) is 29.4 Å². The molecule has 1 fully saturated rings. The van der Waals surface area contributed by atoms with Gasteiger partial charge in [0.25, 0.3) is 0 Å². The molecular weight excluding hydrogens is 477 g/mol. The minimum Gasteiger partial charge on any atom is -0.452 e. The third kappa shape index (κ3) is 4.49. The summed E-state index contributed by atoms with van der Waals surface area (Å²) in [6.07, 6.45) is 1.76. The number of halogens is 2. The molecule has 166 valence electrons. The Morgan fingerprint density at radius 2 is 1.91 bits per heavy atom. The zero-order chi connectivity index (χ0) is 22.9. The van der Waals surface area contributed by atoms with E-state index in [9.17, 15) is 4.39 Å². The summed E-state index contributed by atoms with van der Waals surface area (Å²) in [5.41, 5.74) is 2.18. The summed E-state index contributed by atoms with van der Waals surface area (Å²) in [4.78, 5) is 7.54. The minimum atomic E-state index is -0.295. The molecule has 1 aliphatic heterocycles. The van der Waals surface area contributed by atoms with Crippen molar-refractivity contribution in [3.63, 3.8) is 0 Å². The zero-order valence-corrected chi connectivity index (χ0v) is 19.9. The van der Waals surface area contributed by atoms with Gasteiger partial charge in [-0.2, -0.15) is 0 Å². The molecule has 0 saturated carbocycles. The molecule has 2 atom stereocenters. The molecule has 33 heavy (non-hydrogen) atoms. The van der Waals surface area contributed by atoms with E-state index in [1.54, 1.807) is 25.3 Å². The maximum absolute atomic E-state index is 14.0. The smallest absolute Gasteiger partial charge is 0.174 e. The van der Waals surface area contributed by atoms with Gasteiger partial charge in [-0.05, 0) is 91.4 Å². The van der Waals surface area contributed by atoms with E-state index in [1.165, 1.54) is 17.8 Å². The van der Waals surface area contributed by atoms with Crippen LogP contribution in [0, 0.1) is 12.7 Å². The molecule has 0 aliphatic carbocycles. The van der Waals surface area contributed by atoms with Crippen molar-refractivity contribution in [3.8, 4) is 0 Å². The number of aromatic nitrogens is 1. The maximum atomic E-state index is 14.0. The van der Waals surface area contributed by atoms with E-state index in [0.717, 1.165) is 27.1 Å². The largest absolute Gasteiger partial charge is 0.452 e. The summed E-state index contributed by atoms with van der Waals surface area (Å²) in [6, 6.07) is 21.7. The highest BCUT2D eigenvalue weighted by atomic mass is 35.5. The van der Waals surface area contributed by atoms with Crippen LogP contribution in [0.3, 0.4) is 0 Å². The molecule has 1 saturated heterocycles. The van der Waals surface area contributed by atoms with Gasteiger partial charge in [0.1, 0.15) is 17.6 Å². The van der Waals surface area contributed by atoms with E-state index in [2.05, 4.69) is 10.3 Å². The average Bonchev–Trinajstić information content (AvgIpc) is 3.42. The lowest BCUT2D eigenvalue weighted by Crippen LogP contribution is -2.29. The molecule has 3 heterocycles. The first-order valence-electron chi connectivity index (χ1n) is 10.3. The number of nitrogens with zero attached hydrogens (tertiary/aromatic N) is 2. The Morgan fingerprint density at radius 1 is 1.09 bits per heavy atom. The molecule has 4 nitrogen and oxygen atoms in total. The van der Waals surface area contributed by atoms with Crippen molar-refractivity contribution in [1.29, 1.82) is 0 Å². The second kappa shape index (κ2) is 9.17. The molecule has 1 N–H and O–H groups in total. The first kappa shape index (κ1) is 21.9. The summed E-state index contributed by atoms with van der Waals surface area (Å²) < 4.78 is 20.3. The van der Waals surface area contributed by atoms with Crippen LogP contribution in [-0.2, 0) is 0 Å². The molecule has 8 heteroatoms. The Labute approximate surface area is 205 Å². The zero-order valence-electron chi connectivity index (χ0n) is 17.5. The lowest BCUT2D eigenvalue weighted by atomic mass is 10.0. The van der Waals surface area contributed by atoms with E-state index in [0.29, 0.717) is 15.7 Å². The van der Waals surface area contributed by atoms with Crippen LogP contribution in [0.2, 0.25) is 5.02 Å². The number of hydrogen-bond acceptors (Lipinski definition) is 4. The summed E-state index contributed by atoms with van der Waals surface area (Å²) in [6.45, 7) is 1.74. The van der Waals surface area contributed by atoms with Crippen LogP contribution in [0.4, 0.5) is 10.1 Å². The molecule has 0 unspecified atom stereocenters. The molecule has 2 aromatic heterocycles. The Balaban J connectivity index is 1.53. The first-order valence-corrected chi connectivity index (χ1v) is 11.9. The van der Waals surface area contributed by atoms with Crippen molar-refractivity contribution in [1.82, 2.24) is 10.3 Å². The monoisotopic (exact) mass is 495 g/mol. The van der Waals surface area contributed by atoms with Gasteiger partial charge in [0.2, 0.25) is 0 Å². The van der Waals surface area contributed by atoms with Gasteiger partial charge >= 0.3 is 0 Å². The molecule has 5 rings (SSSR count). The van der Waals surface area contributed by atoms with Gasteiger partial charge < -0.3 is 14.6 Å². The third-order valence-corrected chi connectivity index (χ3v) is 6.94. The highest BCUT2D eigenvalue weighted by Crippen LogP contribution is 2.43. The van der Waals surface area contributed by atoms with E-state index < -0.39 is 0 Å². The fourth-order valence-electron chi connectivity index (χ4n) is 3.87. The molecular formula is C25H19ClFN3OS2. The molecule has 2 aromatic carbocycles. The molecule has 1 aliphatic rings. The molecule has 0 spiro atoms. The molecule has 0 radical (unpaired) electrons. The number of rotatable bonds is 5. The van der Waals surface area contributed by atoms with Crippen LogP contribution in [0.1, 0.15) is 29.1 Å². The van der Waals surface area contributed by atoms with E-state index in [-0.39, 0.29) is 17.9 Å². The predicted octanol–water partition coefficient (Wildman–Crippen LogP) is 7.10. The van der Waals surface area contributed by atoms with Gasteiger partial charge in [-0.3, -0.25) is 4.98 Å². The van der Waals surface area contributed by atoms with Crippen LogP contribution in [0.5, 0.6) is 0 Å². The van der Waals surface area contributed by atoms with Crippen molar-refractivity contribution in [2.45, 2.75) is 29.0 Å². The Hall–Kier alpha value is -2.87. The number of hydrogen-bond donors (Lipinski definition) is 1. The standard InChI is InChI=1S/C25H19ClFN3OS2/c1-15-14-17(7-10-19(15)27)30-24(23(29-25(30)32)20-4-2-3-13-28-20)21-11-12-22(31-21)33-18-8-5-16(26)6-9-18/h2-14,23-24H,1H3,(H,29,32)/t23-,24+/m0/s1. The number of thiocarbonyl (C=S) groups is 1. The number of pyridine rings is 1.